The molecule has 0 amide bonds. The molecule has 2 aromatic rings. The fraction of sp³-hybridized carbons (Fsp3) is 0.188. The van der Waals surface area contributed by atoms with E-state index < -0.39 is 17.5 Å². The highest BCUT2D eigenvalue weighted by molar-refractivity contribution is 6.17. The molecule has 0 N–H and O–H groups in total. The number of nitrogens with zero attached hydrogens (tertiary/aromatic N) is 3. The molecule has 0 bridgehead atoms. The minimum absolute atomic E-state index is 0.0558. The quantitative estimate of drug-likeness (QED) is 0.619. The highest BCUT2D eigenvalue weighted by Gasteiger charge is 2.30. The van der Waals surface area contributed by atoms with Gasteiger partial charge in [-0.05, 0) is 6.92 Å². The number of hydrogen-bond donors (Lipinski definition) is 0. The standard InChI is InChI=1S/C16H13N3O3/c1-10(20)11-3-5-12(6-4-11)14(21)13(9-17)15(22)16-18-7-8-19(16)2/h3-8,13H,1-2H3/t13-/m1/s1. The maximum absolute atomic E-state index is 12.3. The topological polar surface area (TPSA) is 92.8 Å². The lowest BCUT2D eigenvalue weighted by molar-refractivity contribution is 0.0837. The summed E-state index contributed by atoms with van der Waals surface area (Å²) in [5.41, 5.74) is 0.666. The number of ketones is 3. The molecule has 0 saturated heterocycles. The zero-order chi connectivity index (χ0) is 16.3. The first kappa shape index (κ1) is 15.3. The average Bonchev–Trinajstić information content (AvgIpc) is 2.94. The van der Waals surface area contributed by atoms with Crippen molar-refractivity contribution in [1.82, 2.24) is 9.55 Å². The SMILES string of the molecule is CC(=O)c1ccc(C(=O)[C@@H](C#N)C(=O)c2nccn2C)cc1. The summed E-state index contributed by atoms with van der Waals surface area (Å²) < 4.78 is 1.46. The normalized spacial score (nSPS) is 11.5. The van der Waals surface area contributed by atoms with Gasteiger partial charge >= 0.3 is 0 Å². The molecule has 1 aromatic heterocycles. The predicted molar refractivity (Wildman–Crippen MR) is 77.4 cm³/mol. The predicted octanol–water partition coefficient (Wildman–Crippen LogP) is 1.83. The van der Waals surface area contributed by atoms with E-state index in [0.717, 1.165) is 0 Å². The van der Waals surface area contributed by atoms with Crippen LogP contribution in [0, 0.1) is 17.2 Å². The molecule has 0 spiro atoms. The van der Waals surface area contributed by atoms with E-state index in [2.05, 4.69) is 4.98 Å². The molecule has 6 nitrogen and oxygen atoms in total. The maximum atomic E-state index is 12.3. The molecule has 0 unspecified atom stereocenters. The molecule has 0 saturated carbocycles. The van der Waals surface area contributed by atoms with E-state index >= 15 is 0 Å². The summed E-state index contributed by atoms with van der Waals surface area (Å²) in [5, 5.41) is 9.18. The molecule has 1 heterocycles. The highest BCUT2D eigenvalue weighted by Crippen LogP contribution is 2.15. The van der Waals surface area contributed by atoms with Gasteiger partial charge in [0.25, 0.3) is 0 Å². The van der Waals surface area contributed by atoms with Crippen molar-refractivity contribution in [2.75, 3.05) is 0 Å². The molecule has 1 atom stereocenters. The van der Waals surface area contributed by atoms with Crippen LogP contribution >= 0.6 is 0 Å². The van der Waals surface area contributed by atoms with Crippen LogP contribution in [0.4, 0.5) is 0 Å². The Bertz CT molecular complexity index is 782. The Morgan fingerprint density at radius 2 is 1.73 bits per heavy atom. The van der Waals surface area contributed by atoms with Gasteiger partial charge in [-0.3, -0.25) is 14.4 Å². The lowest BCUT2D eigenvalue weighted by atomic mass is 9.93. The van der Waals surface area contributed by atoms with Crippen molar-refractivity contribution in [3.63, 3.8) is 0 Å². The third-order valence-electron chi connectivity index (χ3n) is 3.27. The van der Waals surface area contributed by atoms with Crippen LogP contribution in [0.5, 0.6) is 0 Å². The van der Waals surface area contributed by atoms with Crippen LogP contribution < -0.4 is 0 Å². The Balaban J connectivity index is 2.30. The summed E-state index contributed by atoms with van der Waals surface area (Å²) in [4.78, 5) is 39.7. The third kappa shape index (κ3) is 2.83. The van der Waals surface area contributed by atoms with Crippen molar-refractivity contribution in [1.29, 1.82) is 5.26 Å². The first-order valence-electron chi connectivity index (χ1n) is 6.52. The van der Waals surface area contributed by atoms with Gasteiger partial charge in [0.2, 0.25) is 5.78 Å². The molecule has 2 rings (SSSR count). The number of hydrogen-bond acceptors (Lipinski definition) is 5. The third-order valence-corrected chi connectivity index (χ3v) is 3.27. The van der Waals surface area contributed by atoms with Crippen molar-refractivity contribution >= 4 is 17.3 Å². The number of benzene rings is 1. The summed E-state index contributed by atoms with van der Waals surface area (Å²) in [6, 6.07) is 7.60. The number of rotatable bonds is 5. The number of aryl methyl sites for hydroxylation is 1. The summed E-state index contributed by atoms with van der Waals surface area (Å²) >= 11 is 0. The van der Waals surface area contributed by atoms with Gasteiger partial charge in [-0.2, -0.15) is 5.26 Å². The molecule has 1 aromatic carbocycles. The summed E-state index contributed by atoms with van der Waals surface area (Å²) in [5.74, 6) is -2.77. The molecule has 0 radical (unpaired) electrons. The number of aromatic nitrogens is 2. The van der Waals surface area contributed by atoms with E-state index in [1.54, 1.807) is 19.3 Å². The fourth-order valence-corrected chi connectivity index (χ4v) is 2.00. The fourth-order valence-electron chi connectivity index (χ4n) is 2.00. The molecular weight excluding hydrogens is 282 g/mol. The van der Waals surface area contributed by atoms with Crippen LogP contribution in [0.15, 0.2) is 36.7 Å². The summed E-state index contributed by atoms with van der Waals surface area (Å²) in [7, 11) is 1.61. The maximum Gasteiger partial charge on any atom is 0.223 e. The lowest BCUT2D eigenvalue weighted by Crippen LogP contribution is -2.25. The van der Waals surface area contributed by atoms with E-state index in [9.17, 15) is 19.6 Å². The second kappa shape index (κ2) is 6.14. The first-order chi connectivity index (χ1) is 10.5. The largest absolute Gasteiger partial charge is 0.332 e. The number of Topliss-reactive ketones (excluding diaryl/α,β-unsaturated/α-hetero) is 3. The molecule has 22 heavy (non-hydrogen) atoms. The van der Waals surface area contributed by atoms with Gasteiger partial charge in [-0.15, -0.1) is 0 Å². The minimum atomic E-state index is -1.45. The van der Waals surface area contributed by atoms with Crippen molar-refractivity contribution in [2.45, 2.75) is 6.92 Å². The second-order valence-electron chi connectivity index (χ2n) is 4.79. The van der Waals surface area contributed by atoms with Gasteiger partial charge in [0.15, 0.2) is 23.3 Å². The number of nitriles is 1. The highest BCUT2D eigenvalue weighted by atomic mass is 16.2. The Morgan fingerprint density at radius 3 is 2.18 bits per heavy atom. The Kier molecular flexibility index (Phi) is 4.28. The second-order valence-corrected chi connectivity index (χ2v) is 4.79. The zero-order valence-electron chi connectivity index (χ0n) is 12.1. The molecule has 6 heteroatoms. The van der Waals surface area contributed by atoms with Crippen molar-refractivity contribution in [3.05, 3.63) is 53.6 Å². The monoisotopic (exact) mass is 295 g/mol. The van der Waals surface area contributed by atoms with Crippen LogP contribution in [0.2, 0.25) is 0 Å². The Labute approximate surface area is 127 Å². The van der Waals surface area contributed by atoms with Crippen LogP contribution in [0.3, 0.4) is 0 Å². The van der Waals surface area contributed by atoms with Crippen molar-refractivity contribution < 1.29 is 14.4 Å². The van der Waals surface area contributed by atoms with E-state index in [4.69, 9.17) is 0 Å². The van der Waals surface area contributed by atoms with E-state index in [1.165, 1.54) is 42.0 Å². The molecule has 0 aliphatic heterocycles. The van der Waals surface area contributed by atoms with Gasteiger partial charge < -0.3 is 4.57 Å². The molecular formula is C16H13N3O3. The molecule has 0 aliphatic carbocycles. The van der Waals surface area contributed by atoms with Gasteiger partial charge in [0, 0.05) is 30.6 Å². The van der Waals surface area contributed by atoms with Gasteiger partial charge in [-0.1, -0.05) is 24.3 Å². The number of carbonyl (C=O) groups is 3. The van der Waals surface area contributed by atoms with Crippen LogP contribution in [0.1, 0.15) is 38.3 Å². The van der Waals surface area contributed by atoms with E-state index in [0.29, 0.717) is 5.56 Å². The number of imidazole rings is 1. The van der Waals surface area contributed by atoms with Gasteiger partial charge in [0.05, 0.1) is 6.07 Å². The molecule has 0 aliphatic rings. The Morgan fingerprint density at radius 1 is 1.14 bits per heavy atom. The van der Waals surface area contributed by atoms with Crippen molar-refractivity contribution in [2.24, 2.45) is 13.0 Å². The molecule has 110 valence electrons. The zero-order valence-corrected chi connectivity index (χ0v) is 12.1. The summed E-state index contributed by atoms with van der Waals surface area (Å²) in [6.07, 6.45) is 2.99. The number of carbonyl (C=O) groups excluding carboxylic acids is 3. The van der Waals surface area contributed by atoms with Crippen LogP contribution in [-0.4, -0.2) is 26.9 Å². The first-order valence-corrected chi connectivity index (χ1v) is 6.52. The van der Waals surface area contributed by atoms with E-state index in [1.807, 2.05) is 0 Å². The van der Waals surface area contributed by atoms with Crippen molar-refractivity contribution in [3.8, 4) is 6.07 Å². The average molecular weight is 295 g/mol. The van der Waals surface area contributed by atoms with Crippen LogP contribution in [-0.2, 0) is 7.05 Å². The summed E-state index contributed by atoms with van der Waals surface area (Å²) in [6.45, 7) is 1.42. The van der Waals surface area contributed by atoms with E-state index in [-0.39, 0.29) is 17.2 Å². The van der Waals surface area contributed by atoms with Gasteiger partial charge in [-0.25, -0.2) is 4.98 Å². The van der Waals surface area contributed by atoms with Gasteiger partial charge in [0.1, 0.15) is 0 Å². The lowest BCUT2D eigenvalue weighted by Gasteiger charge is -2.08. The molecule has 0 fully saturated rings. The van der Waals surface area contributed by atoms with Crippen LogP contribution in [0.25, 0.3) is 0 Å². The smallest absolute Gasteiger partial charge is 0.223 e. The minimum Gasteiger partial charge on any atom is -0.332 e. The Hall–Kier alpha value is -3.07.